The van der Waals surface area contributed by atoms with Gasteiger partial charge in [-0.2, -0.15) is 0 Å². The van der Waals surface area contributed by atoms with Crippen LogP contribution in [0, 0.1) is 0 Å². The lowest BCUT2D eigenvalue weighted by molar-refractivity contribution is 0.178. The van der Waals surface area contributed by atoms with Crippen molar-refractivity contribution in [3.05, 3.63) is 60.0 Å². The fourth-order valence-electron chi connectivity index (χ4n) is 3.79. The summed E-state index contributed by atoms with van der Waals surface area (Å²) in [5, 5.41) is 3.30. The van der Waals surface area contributed by atoms with Gasteiger partial charge in [0.1, 0.15) is 17.3 Å². The first-order chi connectivity index (χ1) is 14.8. The number of benzene rings is 1. The summed E-state index contributed by atoms with van der Waals surface area (Å²) in [5.41, 5.74) is 2.37. The highest BCUT2D eigenvalue weighted by atomic mass is 32.1. The van der Waals surface area contributed by atoms with E-state index in [1.54, 1.807) is 30.8 Å². The molecule has 1 aromatic carbocycles. The van der Waals surface area contributed by atoms with Crippen LogP contribution in [0.15, 0.2) is 54.2 Å². The van der Waals surface area contributed by atoms with Gasteiger partial charge in [-0.3, -0.25) is 0 Å². The van der Waals surface area contributed by atoms with Gasteiger partial charge in [0.05, 0.1) is 5.39 Å². The average Bonchev–Trinajstić information content (AvgIpc) is 3.24. The van der Waals surface area contributed by atoms with Crippen molar-refractivity contribution in [1.29, 1.82) is 0 Å². The molecule has 1 fully saturated rings. The third-order valence-corrected chi connectivity index (χ3v) is 6.11. The van der Waals surface area contributed by atoms with Gasteiger partial charge < -0.3 is 14.5 Å². The van der Waals surface area contributed by atoms with E-state index in [9.17, 15) is 0 Å². The van der Waals surface area contributed by atoms with Gasteiger partial charge in [-0.05, 0) is 11.6 Å². The highest BCUT2D eigenvalue weighted by Gasteiger charge is 2.24. The molecular formula is C22H22N6OS. The Morgan fingerprint density at radius 1 is 0.933 bits per heavy atom. The third-order valence-electron chi connectivity index (χ3n) is 5.23. The van der Waals surface area contributed by atoms with Gasteiger partial charge in [0.15, 0.2) is 5.82 Å². The minimum absolute atomic E-state index is 0.402. The largest absolute Gasteiger partial charge is 0.377 e. The molecule has 4 aromatic rings. The summed E-state index contributed by atoms with van der Waals surface area (Å²) in [4.78, 5) is 24.0. The van der Waals surface area contributed by atoms with E-state index in [0.717, 1.165) is 54.0 Å². The lowest BCUT2D eigenvalue weighted by atomic mass is 10.1. The summed E-state index contributed by atoms with van der Waals surface area (Å²) in [6.45, 7) is 3.79. The molecule has 1 saturated heterocycles. The molecule has 1 aliphatic heterocycles. The normalized spacial score (nSPS) is 14.4. The van der Waals surface area contributed by atoms with Gasteiger partial charge in [-0.1, -0.05) is 30.3 Å². The van der Waals surface area contributed by atoms with Crippen molar-refractivity contribution in [2.45, 2.75) is 6.61 Å². The maximum absolute atomic E-state index is 5.32. The standard InChI is InChI=1S/C22H22N6OS/c1-29-14-18-25-20(27-10-12-28(13-11-27)22-23-8-5-9-24-22)19-17(15-30-21(19)26-18)16-6-3-2-4-7-16/h2-9,15H,10-14H2,1H3. The van der Waals surface area contributed by atoms with Crippen LogP contribution in [0.2, 0.25) is 0 Å². The van der Waals surface area contributed by atoms with Gasteiger partial charge in [-0.25, -0.2) is 19.9 Å². The van der Waals surface area contributed by atoms with E-state index in [0.29, 0.717) is 6.61 Å². The lowest BCUT2D eigenvalue weighted by Gasteiger charge is -2.35. The number of thiophene rings is 1. The number of hydrogen-bond donors (Lipinski definition) is 0. The van der Waals surface area contributed by atoms with Gasteiger partial charge in [-0.15, -0.1) is 11.3 Å². The van der Waals surface area contributed by atoms with E-state index < -0.39 is 0 Å². The van der Waals surface area contributed by atoms with E-state index in [1.807, 2.05) is 12.1 Å². The summed E-state index contributed by atoms with van der Waals surface area (Å²) in [5.74, 6) is 2.49. The van der Waals surface area contributed by atoms with Crippen molar-refractivity contribution in [2.24, 2.45) is 0 Å². The first kappa shape index (κ1) is 18.9. The summed E-state index contributed by atoms with van der Waals surface area (Å²) >= 11 is 1.66. The second-order valence-electron chi connectivity index (χ2n) is 7.11. The number of piperazine rings is 1. The van der Waals surface area contributed by atoms with Crippen LogP contribution >= 0.6 is 11.3 Å². The molecule has 0 aliphatic carbocycles. The third kappa shape index (κ3) is 3.59. The van der Waals surface area contributed by atoms with Crippen LogP contribution in [-0.4, -0.2) is 53.2 Å². The highest BCUT2D eigenvalue weighted by Crippen LogP contribution is 2.38. The predicted molar refractivity (Wildman–Crippen MR) is 120 cm³/mol. The molecule has 0 unspecified atom stereocenters. The zero-order chi connectivity index (χ0) is 20.3. The molecule has 4 heterocycles. The quantitative estimate of drug-likeness (QED) is 0.490. The molecule has 0 atom stereocenters. The van der Waals surface area contributed by atoms with Crippen LogP contribution in [0.4, 0.5) is 11.8 Å². The molecule has 1 aliphatic rings. The van der Waals surface area contributed by atoms with Crippen LogP contribution in [0.1, 0.15) is 5.82 Å². The van der Waals surface area contributed by atoms with Crippen molar-refractivity contribution in [3.8, 4) is 11.1 Å². The Morgan fingerprint density at radius 2 is 1.67 bits per heavy atom. The van der Waals surface area contributed by atoms with Gasteiger partial charge >= 0.3 is 0 Å². The van der Waals surface area contributed by atoms with Crippen LogP contribution in [0.5, 0.6) is 0 Å². The molecule has 8 heteroatoms. The second-order valence-corrected chi connectivity index (χ2v) is 7.97. The Bertz CT molecular complexity index is 1130. The molecular weight excluding hydrogens is 396 g/mol. The molecule has 0 saturated carbocycles. The number of rotatable bonds is 5. The summed E-state index contributed by atoms with van der Waals surface area (Å²) in [6, 6.07) is 12.3. The molecule has 3 aromatic heterocycles. The molecule has 0 radical (unpaired) electrons. The number of aromatic nitrogens is 4. The fourth-order valence-corrected chi connectivity index (χ4v) is 4.75. The number of fused-ring (bicyclic) bond motifs is 1. The fraction of sp³-hybridized carbons (Fsp3) is 0.273. The zero-order valence-electron chi connectivity index (χ0n) is 16.7. The van der Waals surface area contributed by atoms with Crippen LogP contribution in [-0.2, 0) is 11.3 Å². The lowest BCUT2D eigenvalue weighted by Crippen LogP contribution is -2.47. The van der Waals surface area contributed by atoms with E-state index in [4.69, 9.17) is 14.7 Å². The molecule has 0 N–H and O–H groups in total. The Hall–Kier alpha value is -3.10. The topological polar surface area (TPSA) is 67.3 Å². The van der Waals surface area contributed by atoms with Crippen LogP contribution in [0.25, 0.3) is 21.3 Å². The monoisotopic (exact) mass is 418 g/mol. The van der Waals surface area contributed by atoms with Crippen molar-refractivity contribution in [2.75, 3.05) is 43.1 Å². The molecule has 0 spiro atoms. The smallest absolute Gasteiger partial charge is 0.225 e. The minimum atomic E-state index is 0.402. The van der Waals surface area contributed by atoms with Crippen molar-refractivity contribution in [3.63, 3.8) is 0 Å². The molecule has 152 valence electrons. The van der Waals surface area contributed by atoms with E-state index in [2.05, 4.69) is 49.4 Å². The molecule has 0 amide bonds. The van der Waals surface area contributed by atoms with Crippen LogP contribution in [0.3, 0.4) is 0 Å². The highest BCUT2D eigenvalue weighted by molar-refractivity contribution is 7.17. The van der Waals surface area contributed by atoms with E-state index >= 15 is 0 Å². The van der Waals surface area contributed by atoms with Gasteiger partial charge in [0.2, 0.25) is 5.95 Å². The van der Waals surface area contributed by atoms with Crippen molar-refractivity contribution < 1.29 is 4.74 Å². The van der Waals surface area contributed by atoms with E-state index in [1.165, 1.54) is 11.1 Å². The molecule has 30 heavy (non-hydrogen) atoms. The Kier molecular flexibility index (Phi) is 5.25. The average molecular weight is 419 g/mol. The Labute approximate surface area is 179 Å². The number of nitrogens with zero attached hydrogens (tertiary/aromatic N) is 6. The summed E-state index contributed by atoms with van der Waals surface area (Å²) in [7, 11) is 1.68. The predicted octanol–water partition coefficient (Wildman–Crippen LogP) is 3.62. The summed E-state index contributed by atoms with van der Waals surface area (Å²) < 4.78 is 5.32. The first-order valence-electron chi connectivity index (χ1n) is 9.93. The SMILES string of the molecule is COCc1nc(N2CCN(c3ncccn3)CC2)c2c(-c3ccccc3)csc2n1. The van der Waals surface area contributed by atoms with Gasteiger partial charge in [0.25, 0.3) is 0 Å². The van der Waals surface area contributed by atoms with Gasteiger partial charge in [0, 0.05) is 56.6 Å². The van der Waals surface area contributed by atoms with Crippen molar-refractivity contribution in [1.82, 2.24) is 19.9 Å². The zero-order valence-corrected chi connectivity index (χ0v) is 17.5. The summed E-state index contributed by atoms with van der Waals surface area (Å²) in [6.07, 6.45) is 3.58. The van der Waals surface area contributed by atoms with E-state index in [-0.39, 0.29) is 0 Å². The minimum Gasteiger partial charge on any atom is -0.377 e. The maximum atomic E-state index is 5.32. The maximum Gasteiger partial charge on any atom is 0.225 e. The van der Waals surface area contributed by atoms with Crippen LogP contribution < -0.4 is 9.80 Å². The first-order valence-corrected chi connectivity index (χ1v) is 10.8. The number of methoxy groups -OCH3 is 1. The van der Waals surface area contributed by atoms with Crippen molar-refractivity contribution >= 4 is 33.3 Å². The molecule has 7 nitrogen and oxygen atoms in total. The Morgan fingerprint density at radius 3 is 2.40 bits per heavy atom. The molecule has 5 rings (SSSR count). The number of ether oxygens (including phenoxy) is 1. The number of hydrogen-bond acceptors (Lipinski definition) is 8. The molecule has 0 bridgehead atoms. The number of anilines is 2. The Balaban J connectivity index is 1.52. The second kappa shape index (κ2) is 8.33.